The Bertz CT molecular complexity index is 598. The van der Waals surface area contributed by atoms with Crippen LogP contribution in [0.15, 0.2) is 17.0 Å². The predicted molar refractivity (Wildman–Crippen MR) is 79.3 cm³/mol. The molecule has 2 rings (SSSR count). The molecule has 0 bridgehead atoms. The van der Waals surface area contributed by atoms with Crippen molar-refractivity contribution in [2.24, 2.45) is 5.92 Å². The summed E-state index contributed by atoms with van der Waals surface area (Å²) in [6.07, 6.45) is 0.866. The Morgan fingerprint density at radius 1 is 1.50 bits per heavy atom. The molecule has 0 radical (unpaired) electrons. The summed E-state index contributed by atoms with van der Waals surface area (Å²) in [6, 6.07) is 2.78. The van der Waals surface area contributed by atoms with E-state index in [1.165, 1.54) is 6.07 Å². The summed E-state index contributed by atoms with van der Waals surface area (Å²) in [5.74, 6) is 0.203. The monoisotopic (exact) mass is 318 g/mol. The van der Waals surface area contributed by atoms with E-state index in [1.807, 2.05) is 6.92 Å². The molecule has 0 aromatic heterocycles. The second-order valence-corrected chi connectivity index (χ2v) is 7.26. The van der Waals surface area contributed by atoms with E-state index in [2.05, 4.69) is 4.72 Å². The minimum Gasteiger partial charge on any atom is -0.397 e. The highest BCUT2D eigenvalue weighted by Crippen LogP contribution is 2.27. The molecular formula is C13H19ClN2O3S. The van der Waals surface area contributed by atoms with Crippen molar-refractivity contribution in [2.75, 3.05) is 18.9 Å². The van der Waals surface area contributed by atoms with Gasteiger partial charge in [0.1, 0.15) is 0 Å². The summed E-state index contributed by atoms with van der Waals surface area (Å²) < 4.78 is 32.8. The maximum atomic E-state index is 12.4. The summed E-state index contributed by atoms with van der Waals surface area (Å²) in [6.45, 7) is 4.82. The molecular weight excluding hydrogens is 300 g/mol. The smallest absolute Gasteiger partial charge is 0.241 e. The standard InChI is InChI=1S/C13H19ClN2O3S/c1-8-5-11(14)12(15)6-13(8)20(17,18)16-9(2)10-3-4-19-7-10/h5-6,9-10,16H,3-4,7,15H2,1-2H3. The Balaban J connectivity index is 2.24. The number of ether oxygens (including phenoxy) is 1. The van der Waals surface area contributed by atoms with Crippen LogP contribution in [0.5, 0.6) is 0 Å². The van der Waals surface area contributed by atoms with Gasteiger partial charge in [-0.15, -0.1) is 0 Å². The minimum absolute atomic E-state index is 0.171. The van der Waals surface area contributed by atoms with Crippen LogP contribution in [0.2, 0.25) is 5.02 Å². The number of halogens is 1. The molecule has 1 saturated heterocycles. The fraction of sp³-hybridized carbons (Fsp3) is 0.538. The number of rotatable bonds is 4. The maximum Gasteiger partial charge on any atom is 0.241 e. The van der Waals surface area contributed by atoms with Gasteiger partial charge in [0.25, 0.3) is 0 Å². The van der Waals surface area contributed by atoms with E-state index in [1.54, 1.807) is 13.0 Å². The molecule has 5 nitrogen and oxygen atoms in total. The van der Waals surface area contributed by atoms with Crippen molar-refractivity contribution in [3.05, 3.63) is 22.7 Å². The van der Waals surface area contributed by atoms with E-state index >= 15 is 0 Å². The van der Waals surface area contributed by atoms with Gasteiger partial charge in [0.05, 0.1) is 22.2 Å². The van der Waals surface area contributed by atoms with Gasteiger partial charge >= 0.3 is 0 Å². The second kappa shape index (κ2) is 5.89. The molecule has 0 spiro atoms. The van der Waals surface area contributed by atoms with Crippen LogP contribution in [0, 0.1) is 12.8 Å². The lowest BCUT2D eigenvalue weighted by atomic mass is 10.0. The molecule has 7 heteroatoms. The first-order valence-corrected chi connectivity index (χ1v) is 8.33. The van der Waals surface area contributed by atoms with Crippen molar-refractivity contribution in [1.82, 2.24) is 4.72 Å². The Morgan fingerprint density at radius 2 is 2.20 bits per heavy atom. The molecule has 1 aliphatic heterocycles. The largest absolute Gasteiger partial charge is 0.397 e. The summed E-state index contributed by atoms with van der Waals surface area (Å²) in [7, 11) is -3.61. The van der Waals surface area contributed by atoms with Crippen LogP contribution >= 0.6 is 11.6 Å². The average molecular weight is 319 g/mol. The predicted octanol–water partition coefficient (Wildman–Crippen LogP) is 1.93. The Hall–Kier alpha value is -0.820. The molecule has 2 atom stereocenters. The SMILES string of the molecule is Cc1cc(Cl)c(N)cc1S(=O)(=O)NC(C)C1CCOC1. The highest BCUT2D eigenvalue weighted by molar-refractivity contribution is 7.89. The van der Waals surface area contributed by atoms with E-state index in [-0.39, 0.29) is 22.5 Å². The zero-order valence-corrected chi connectivity index (χ0v) is 13.1. The average Bonchev–Trinajstić information content (AvgIpc) is 2.86. The quantitative estimate of drug-likeness (QED) is 0.831. The molecule has 0 amide bonds. The van der Waals surface area contributed by atoms with Crippen molar-refractivity contribution < 1.29 is 13.2 Å². The summed E-state index contributed by atoms with van der Waals surface area (Å²) in [4.78, 5) is 0.171. The molecule has 3 N–H and O–H groups in total. The highest BCUT2D eigenvalue weighted by Gasteiger charge is 2.27. The van der Waals surface area contributed by atoms with Crippen LogP contribution in [0.25, 0.3) is 0 Å². The third-order valence-electron chi connectivity index (χ3n) is 3.60. The lowest BCUT2D eigenvalue weighted by Crippen LogP contribution is -2.38. The zero-order valence-electron chi connectivity index (χ0n) is 11.5. The van der Waals surface area contributed by atoms with Crippen molar-refractivity contribution in [3.8, 4) is 0 Å². The first-order valence-electron chi connectivity index (χ1n) is 6.47. The molecule has 2 unspecified atom stereocenters. The van der Waals surface area contributed by atoms with Gasteiger partial charge in [-0.2, -0.15) is 0 Å². The fourth-order valence-electron chi connectivity index (χ4n) is 2.31. The van der Waals surface area contributed by atoms with Crippen LogP contribution in [0.4, 0.5) is 5.69 Å². The van der Waals surface area contributed by atoms with Crippen molar-refractivity contribution >= 4 is 27.3 Å². The fourth-order valence-corrected chi connectivity index (χ4v) is 4.10. The molecule has 1 aliphatic rings. The molecule has 1 fully saturated rings. The molecule has 1 aromatic carbocycles. The molecule has 20 heavy (non-hydrogen) atoms. The number of hydrogen-bond donors (Lipinski definition) is 2. The number of hydrogen-bond acceptors (Lipinski definition) is 4. The van der Waals surface area contributed by atoms with Crippen molar-refractivity contribution in [3.63, 3.8) is 0 Å². The van der Waals surface area contributed by atoms with Gasteiger partial charge in [0.15, 0.2) is 0 Å². The Kier molecular flexibility index (Phi) is 4.59. The highest BCUT2D eigenvalue weighted by atomic mass is 35.5. The summed E-state index contributed by atoms with van der Waals surface area (Å²) in [5, 5.41) is 0.360. The van der Waals surface area contributed by atoms with E-state index in [4.69, 9.17) is 22.1 Å². The van der Waals surface area contributed by atoms with Crippen LogP contribution in [-0.4, -0.2) is 27.7 Å². The number of nitrogens with one attached hydrogen (secondary N) is 1. The van der Waals surface area contributed by atoms with Crippen LogP contribution in [-0.2, 0) is 14.8 Å². The van der Waals surface area contributed by atoms with Gasteiger partial charge < -0.3 is 10.5 Å². The van der Waals surface area contributed by atoms with Crippen LogP contribution in [0.3, 0.4) is 0 Å². The van der Waals surface area contributed by atoms with Crippen molar-refractivity contribution in [2.45, 2.75) is 31.2 Å². The van der Waals surface area contributed by atoms with Gasteiger partial charge in [-0.3, -0.25) is 0 Å². The molecule has 1 heterocycles. The number of nitrogen functional groups attached to an aromatic ring is 1. The van der Waals surface area contributed by atoms with E-state index in [0.29, 0.717) is 23.8 Å². The number of sulfonamides is 1. The normalized spacial score (nSPS) is 21.1. The summed E-state index contributed by atoms with van der Waals surface area (Å²) >= 11 is 5.89. The van der Waals surface area contributed by atoms with Crippen LogP contribution < -0.4 is 10.5 Å². The second-order valence-electron chi connectivity index (χ2n) is 5.17. The topological polar surface area (TPSA) is 81.4 Å². The Morgan fingerprint density at radius 3 is 2.80 bits per heavy atom. The number of aryl methyl sites for hydroxylation is 1. The number of benzene rings is 1. The molecule has 112 valence electrons. The molecule has 0 aliphatic carbocycles. The number of nitrogens with two attached hydrogens (primary N) is 1. The third-order valence-corrected chi connectivity index (χ3v) is 5.63. The van der Waals surface area contributed by atoms with E-state index in [9.17, 15) is 8.42 Å². The molecule has 1 aromatic rings. The van der Waals surface area contributed by atoms with Gasteiger partial charge in [-0.1, -0.05) is 11.6 Å². The lowest BCUT2D eigenvalue weighted by Gasteiger charge is -2.20. The van der Waals surface area contributed by atoms with E-state index < -0.39 is 10.0 Å². The maximum absolute atomic E-state index is 12.4. The number of anilines is 1. The van der Waals surface area contributed by atoms with Gasteiger partial charge in [-0.25, -0.2) is 13.1 Å². The van der Waals surface area contributed by atoms with Gasteiger partial charge in [0, 0.05) is 18.6 Å². The van der Waals surface area contributed by atoms with Crippen LogP contribution in [0.1, 0.15) is 18.9 Å². The van der Waals surface area contributed by atoms with Gasteiger partial charge in [-0.05, 0) is 38.0 Å². The van der Waals surface area contributed by atoms with E-state index in [0.717, 1.165) is 6.42 Å². The molecule has 0 saturated carbocycles. The minimum atomic E-state index is -3.61. The third kappa shape index (κ3) is 3.25. The lowest BCUT2D eigenvalue weighted by molar-refractivity contribution is 0.180. The first kappa shape index (κ1) is 15.6. The first-order chi connectivity index (χ1) is 9.31. The van der Waals surface area contributed by atoms with Gasteiger partial charge in [0.2, 0.25) is 10.0 Å². The zero-order chi connectivity index (χ0) is 14.9. The summed E-state index contributed by atoms with van der Waals surface area (Å²) in [5.41, 5.74) is 6.53. The Labute approximate surface area is 124 Å². The van der Waals surface area contributed by atoms with Crippen molar-refractivity contribution in [1.29, 1.82) is 0 Å².